The highest BCUT2D eigenvalue weighted by Gasteiger charge is 2.19. The van der Waals surface area contributed by atoms with Gasteiger partial charge in [0, 0.05) is 5.56 Å². The van der Waals surface area contributed by atoms with E-state index in [0.717, 1.165) is 11.1 Å². The zero-order valence-corrected chi connectivity index (χ0v) is 16.6. The maximum absolute atomic E-state index is 12.8. The molecule has 27 heavy (non-hydrogen) atoms. The van der Waals surface area contributed by atoms with E-state index in [1.165, 1.54) is 5.56 Å². The highest BCUT2D eigenvalue weighted by atomic mass is 32.1. The van der Waals surface area contributed by atoms with Gasteiger partial charge in [-0.2, -0.15) is 5.10 Å². The molecule has 0 aliphatic rings. The highest BCUT2D eigenvalue weighted by molar-refractivity contribution is 7.71. The maximum atomic E-state index is 12.8. The molecule has 0 aliphatic heterocycles. The summed E-state index contributed by atoms with van der Waals surface area (Å²) in [6.45, 7) is 6.34. The number of hydrogen-bond acceptors (Lipinski definition) is 3. The lowest BCUT2D eigenvalue weighted by Gasteiger charge is -2.23. The molecule has 1 amide bonds. The van der Waals surface area contributed by atoms with Gasteiger partial charge in [0.1, 0.15) is 6.54 Å². The fourth-order valence-corrected chi connectivity index (χ4v) is 3.24. The topological polar surface area (TPSA) is 62.7 Å². The highest BCUT2D eigenvalue weighted by Crippen LogP contribution is 2.22. The summed E-state index contributed by atoms with van der Waals surface area (Å²) in [5.41, 5.74) is 3.18. The van der Waals surface area contributed by atoms with Gasteiger partial charge in [0.15, 0.2) is 10.6 Å². The van der Waals surface area contributed by atoms with Crippen molar-refractivity contribution in [2.24, 2.45) is 5.92 Å². The summed E-state index contributed by atoms with van der Waals surface area (Å²) in [5, 5.41) is 10.2. The Bertz CT molecular complexity index is 958. The van der Waals surface area contributed by atoms with E-state index >= 15 is 0 Å². The molecule has 0 saturated heterocycles. The van der Waals surface area contributed by atoms with Crippen LogP contribution in [0.25, 0.3) is 11.4 Å². The van der Waals surface area contributed by atoms with Crippen LogP contribution in [0.15, 0.2) is 54.6 Å². The average molecular weight is 381 g/mol. The Balaban J connectivity index is 1.81. The fourth-order valence-electron chi connectivity index (χ4n) is 3.05. The molecule has 5 nitrogen and oxygen atoms in total. The molecule has 0 saturated carbocycles. The SMILES string of the molecule is Cc1ccc(-c2n[nH]c(=S)n2CC(=O)N[C@H](c2ccccc2)C(C)C)cc1. The third-order valence-corrected chi connectivity index (χ3v) is 4.82. The number of aromatic nitrogens is 3. The fraction of sp³-hybridized carbons (Fsp3) is 0.286. The second kappa shape index (κ2) is 8.31. The van der Waals surface area contributed by atoms with Gasteiger partial charge < -0.3 is 5.32 Å². The standard InChI is InChI=1S/C21H24N4OS/c1-14(2)19(16-7-5-4-6-8-16)22-18(26)13-25-20(23-24-21(25)27)17-11-9-15(3)10-12-17/h4-12,14,19H,13H2,1-3H3,(H,22,26)(H,24,27)/t19-/m0/s1. The van der Waals surface area contributed by atoms with Gasteiger partial charge in [-0.1, -0.05) is 74.0 Å². The van der Waals surface area contributed by atoms with Crippen LogP contribution < -0.4 is 5.32 Å². The second-order valence-corrected chi connectivity index (χ2v) is 7.39. The Morgan fingerprint density at radius 1 is 1.15 bits per heavy atom. The van der Waals surface area contributed by atoms with Crippen LogP contribution in [0.1, 0.15) is 31.0 Å². The van der Waals surface area contributed by atoms with E-state index in [-0.39, 0.29) is 24.4 Å². The summed E-state index contributed by atoms with van der Waals surface area (Å²) < 4.78 is 2.17. The zero-order valence-electron chi connectivity index (χ0n) is 15.8. The monoisotopic (exact) mass is 380 g/mol. The van der Waals surface area contributed by atoms with Crippen molar-refractivity contribution in [1.29, 1.82) is 0 Å². The van der Waals surface area contributed by atoms with E-state index in [0.29, 0.717) is 10.6 Å². The predicted molar refractivity (Wildman–Crippen MR) is 110 cm³/mol. The lowest BCUT2D eigenvalue weighted by molar-refractivity contribution is -0.122. The third kappa shape index (κ3) is 4.52. The summed E-state index contributed by atoms with van der Waals surface area (Å²) in [4.78, 5) is 12.8. The van der Waals surface area contributed by atoms with Crippen LogP contribution in [0.4, 0.5) is 0 Å². The minimum Gasteiger partial charge on any atom is -0.347 e. The van der Waals surface area contributed by atoms with Gasteiger partial charge in [0.05, 0.1) is 6.04 Å². The number of carbonyl (C=O) groups excluding carboxylic acids is 1. The average Bonchev–Trinajstić information content (AvgIpc) is 3.01. The minimum absolute atomic E-state index is 0.0532. The van der Waals surface area contributed by atoms with E-state index in [9.17, 15) is 4.79 Å². The molecule has 0 spiro atoms. The van der Waals surface area contributed by atoms with E-state index < -0.39 is 0 Å². The number of H-pyrrole nitrogens is 1. The Kier molecular flexibility index (Phi) is 5.86. The van der Waals surface area contributed by atoms with Gasteiger partial charge in [-0.15, -0.1) is 0 Å². The summed E-state index contributed by atoms with van der Waals surface area (Å²) in [6, 6.07) is 18.0. The van der Waals surface area contributed by atoms with E-state index in [2.05, 4.69) is 29.4 Å². The van der Waals surface area contributed by atoms with E-state index in [1.54, 1.807) is 4.57 Å². The summed E-state index contributed by atoms with van der Waals surface area (Å²) in [5.74, 6) is 0.838. The molecule has 0 unspecified atom stereocenters. The number of carbonyl (C=O) groups is 1. The molecule has 1 aromatic heterocycles. The second-order valence-electron chi connectivity index (χ2n) is 7.00. The first kappa shape index (κ1) is 19.0. The van der Waals surface area contributed by atoms with Gasteiger partial charge in [-0.3, -0.25) is 14.5 Å². The predicted octanol–water partition coefficient (Wildman–Crippen LogP) is 4.43. The lowest BCUT2D eigenvalue weighted by atomic mass is 9.96. The van der Waals surface area contributed by atoms with Crippen molar-refractivity contribution in [3.8, 4) is 11.4 Å². The molecule has 6 heteroatoms. The molecule has 1 heterocycles. The summed E-state index contributed by atoms with van der Waals surface area (Å²) in [6.07, 6.45) is 0. The first-order valence-electron chi connectivity index (χ1n) is 9.02. The number of amides is 1. The molecule has 0 fully saturated rings. The van der Waals surface area contributed by atoms with Crippen molar-refractivity contribution < 1.29 is 4.79 Å². The molecule has 1 atom stereocenters. The number of rotatable bonds is 6. The number of benzene rings is 2. The van der Waals surface area contributed by atoms with E-state index in [1.807, 2.05) is 61.5 Å². The molecule has 3 rings (SSSR count). The number of nitrogens with one attached hydrogen (secondary N) is 2. The van der Waals surface area contributed by atoms with Crippen LogP contribution in [-0.4, -0.2) is 20.7 Å². The largest absolute Gasteiger partial charge is 0.347 e. The van der Waals surface area contributed by atoms with Gasteiger partial charge in [0.25, 0.3) is 0 Å². The van der Waals surface area contributed by atoms with Crippen LogP contribution in [0.5, 0.6) is 0 Å². The lowest BCUT2D eigenvalue weighted by Crippen LogP contribution is -2.34. The molecule has 3 aromatic rings. The third-order valence-electron chi connectivity index (χ3n) is 4.51. The molecule has 2 N–H and O–H groups in total. The quantitative estimate of drug-likeness (QED) is 0.622. The van der Waals surface area contributed by atoms with Crippen LogP contribution in [0.3, 0.4) is 0 Å². The van der Waals surface area contributed by atoms with Crippen molar-refractivity contribution in [3.63, 3.8) is 0 Å². The van der Waals surface area contributed by atoms with Crippen LogP contribution >= 0.6 is 12.2 Å². The smallest absolute Gasteiger partial charge is 0.240 e. The number of hydrogen-bond donors (Lipinski definition) is 2. The van der Waals surface area contributed by atoms with Crippen molar-refractivity contribution in [2.45, 2.75) is 33.4 Å². The first-order valence-corrected chi connectivity index (χ1v) is 9.43. The molecule has 0 aliphatic carbocycles. The van der Waals surface area contributed by atoms with Crippen molar-refractivity contribution in [1.82, 2.24) is 20.1 Å². The Labute approximate surface area is 164 Å². The van der Waals surface area contributed by atoms with Crippen molar-refractivity contribution >= 4 is 18.1 Å². The van der Waals surface area contributed by atoms with Gasteiger partial charge in [-0.05, 0) is 30.6 Å². The molecular formula is C21H24N4OS. The van der Waals surface area contributed by atoms with E-state index in [4.69, 9.17) is 12.2 Å². The molecule has 140 valence electrons. The Morgan fingerprint density at radius 2 is 1.81 bits per heavy atom. The van der Waals surface area contributed by atoms with Crippen LogP contribution in [-0.2, 0) is 11.3 Å². The van der Waals surface area contributed by atoms with Gasteiger partial charge >= 0.3 is 0 Å². The number of aromatic amines is 1. The maximum Gasteiger partial charge on any atom is 0.240 e. The zero-order chi connectivity index (χ0) is 19.4. The normalized spacial score (nSPS) is 12.1. The van der Waals surface area contributed by atoms with Crippen LogP contribution in [0.2, 0.25) is 0 Å². The Morgan fingerprint density at radius 3 is 2.44 bits per heavy atom. The molecular weight excluding hydrogens is 356 g/mol. The molecule has 2 aromatic carbocycles. The summed E-state index contributed by atoms with van der Waals surface area (Å²) >= 11 is 5.34. The van der Waals surface area contributed by atoms with Crippen LogP contribution in [0, 0.1) is 17.6 Å². The first-order chi connectivity index (χ1) is 13.0. The number of nitrogens with zero attached hydrogens (tertiary/aromatic N) is 2. The van der Waals surface area contributed by atoms with Crippen molar-refractivity contribution in [3.05, 3.63) is 70.5 Å². The van der Waals surface area contributed by atoms with Gasteiger partial charge in [0.2, 0.25) is 5.91 Å². The molecule has 0 bridgehead atoms. The molecule has 0 radical (unpaired) electrons. The summed E-state index contributed by atoms with van der Waals surface area (Å²) in [7, 11) is 0. The minimum atomic E-state index is -0.0941. The Hall–Kier alpha value is -2.73. The van der Waals surface area contributed by atoms with Crippen molar-refractivity contribution in [2.75, 3.05) is 0 Å². The van der Waals surface area contributed by atoms with Gasteiger partial charge in [-0.25, -0.2) is 0 Å². The number of aryl methyl sites for hydroxylation is 1.